The summed E-state index contributed by atoms with van der Waals surface area (Å²) in [7, 11) is -3.37. The molecule has 1 heterocycles. The van der Waals surface area contributed by atoms with Crippen LogP contribution in [0.1, 0.15) is 12.8 Å². The standard InChI is InChI=1S/C13H19N3O3S/c1-20(18,19)16-12-7-3-2-6-11(12)15-13(17)10-5-4-8-14-9-10/h2-3,6-7,10,14,16H,4-5,8-9H2,1H3,(H,15,17). The summed E-state index contributed by atoms with van der Waals surface area (Å²) in [6, 6.07) is 6.77. The maximum atomic E-state index is 12.2. The van der Waals surface area contributed by atoms with Crippen LogP contribution in [-0.4, -0.2) is 33.7 Å². The van der Waals surface area contributed by atoms with Crippen LogP contribution in [-0.2, 0) is 14.8 Å². The van der Waals surface area contributed by atoms with E-state index in [4.69, 9.17) is 0 Å². The predicted octanol–water partition coefficient (Wildman–Crippen LogP) is 0.996. The Hall–Kier alpha value is -1.60. The lowest BCUT2D eigenvalue weighted by molar-refractivity contribution is -0.120. The van der Waals surface area contributed by atoms with Crippen molar-refractivity contribution in [3.8, 4) is 0 Å². The van der Waals surface area contributed by atoms with Crippen LogP contribution in [0.15, 0.2) is 24.3 Å². The van der Waals surface area contributed by atoms with E-state index in [2.05, 4.69) is 15.4 Å². The lowest BCUT2D eigenvalue weighted by Crippen LogP contribution is -2.37. The van der Waals surface area contributed by atoms with E-state index in [0.717, 1.165) is 25.6 Å². The van der Waals surface area contributed by atoms with Gasteiger partial charge in [-0.3, -0.25) is 9.52 Å². The monoisotopic (exact) mass is 297 g/mol. The van der Waals surface area contributed by atoms with Crippen molar-refractivity contribution < 1.29 is 13.2 Å². The fourth-order valence-corrected chi connectivity index (χ4v) is 2.77. The number of amides is 1. The molecule has 0 radical (unpaired) electrons. The number of hydrogen-bond donors (Lipinski definition) is 3. The molecule has 2 rings (SSSR count). The maximum Gasteiger partial charge on any atom is 0.229 e. The Kier molecular flexibility index (Phi) is 4.61. The zero-order valence-corrected chi connectivity index (χ0v) is 12.2. The zero-order chi connectivity index (χ0) is 14.6. The molecular formula is C13H19N3O3S. The van der Waals surface area contributed by atoms with Crippen LogP contribution in [0.4, 0.5) is 11.4 Å². The van der Waals surface area contributed by atoms with Crippen molar-refractivity contribution in [1.82, 2.24) is 5.32 Å². The summed E-state index contributed by atoms with van der Waals surface area (Å²) in [5.41, 5.74) is 0.862. The molecule has 0 bridgehead atoms. The fourth-order valence-electron chi connectivity index (χ4n) is 2.19. The van der Waals surface area contributed by atoms with Gasteiger partial charge >= 0.3 is 0 Å². The summed E-state index contributed by atoms with van der Waals surface area (Å²) in [5, 5.41) is 5.98. The molecule has 0 aliphatic carbocycles. The first-order valence-electron chi connectivity index (χ1n) is 6.54. The van der Waals surface area contributed by atoms with Crippen LogP contribution in [0.2, 0.25) is 0 Å². The molecule has 1 aliphatic heterocycles. The molecule has 1 aliphatic rings. The van der Waals surface area contributed by atoms with Gasteiger partial charge in [0.25, 0.3) is 0 Å². The Morgan fingerprint density at radius 2 is 2.00 bits per heavy atom. The Balaban J connectivity index is 2.10. The summed E-state index contributed by atoms with van der Waals surface area (Å²) in [5.74, 6) is -0.157. The largest absolute Gasteiger partial charge is 0.324 e. The summed E-state index contributed by atoms with van der Waals surface area (Å²) >= 11 is 0. The van der Waals surface area contributed by atoms with Gasteiger partial charge in [-0.05, 0) is 31.5 Å². The third kappa shape index (κ3) is 4.21. The van der Waals surface area contributed by atoms with Gasteiger partial charge in [0.15, 0.2) is 0 Å². The van der Waals surface area contributed by atoms with E-state index >= 15 is 0 Å². The first kappa shape index (κ1) is 14.8. The molecular weight excluding hydrogens is 278 g/mol. The van der Waals surface area contributed by atoms with Gasteiger partial charge in [-0.2, -0.15) is 0 Å². The molecule has 0 aromatic heterocycles. The second-order valence-corrected chi connectivity index (χ2v) is 6.70. The minimum Gasteiger partial charge on any atom is -0.324 e. The van der Waals surface area contributed by atoms with E-state index in [0.29, 0.717) is 17.9 Å². The number of piperidine rings is 1. The Bertz CT molecular complexity index is 580. The highest BCUT2D eigenvalue weighted by Gasteiger charge is 2.21. The third-order valence-electron chi connectivity index (χ3n) is 3.15. The van der Waals surface area contributed by atoms with Crippen LogP contribution < -0.4 is 15.4 Å². The highest BCUT2D eigenvalue weighted by atomic mass is 32.2. The van der Waals surface area contributed by atoms with E-state index in [1.165, 1.54) is 0 Å². The van der Waals surface area contributed by atoms with E-state index in [1.807, 2.05) is 0 Å². The Labute approximate surface area is 119 Å². The Morgan fingerprint density at radius 1 is 1.30 bits per heavy atom. The molecule has 1 aromatic carbocycles. The molecule has 1 fully saturated rings. The summed E-state index contributed by atoms with van der Waals surface area (Å²) in [4.78, 5) is 12.2. The molecule has 20 heavy (non-hydrogen) atoms. The SMILES string of the molecule is CS(=O)(=O)Nc1ccccc1NC(=O)C1CCCNC1. The number of sulfonamides is 1. The van der Waals surface area contributed by atoms with Gasteiger partial charge in [0.2, 0.25) is 15.9 Å². The molecule has 1 atom stereocenters. The number of rotatable bonds is 4. The second kappa shape index (κ2) is 6.23. The highest BCUT2D eigenvalue weighted by Crippen LogP contribution is 2.23. The van der Waals surface area contributed by atoms with E-state index in [-0.39, 0.29) is 11.8 Å². The number of carbonyl (C=O) groups excluding carboxylic acids is 1. The van der Waals surface area contributed by atoms with Crippen molar-refractivity contribution in [3.05, 3.63) is 24.3 Å². The maximum absolute atomic E-state index is 12.2. The molecule has 0 spiro atoms. The predicted molar refractivity (Wildman–Crippen MR) is 79.1 cm³/mol. The van der Waals surface area contributed by atoms with Crippen molar-refractivity contribution in [1.29, 1.82) is 0 Å². The molecule has 1 unspecified atom stereocenters. The number of para-hydroxylation sites is 2. The molecule has 3 N–H and O–H groups in total. The first-order chi connectivity index (χ1) is 9.46. The average molecular weight is 297 g/mol. The smallest absolute Gasteiger partial charge is 0.229 e. The fraction of sp³-hybridized carbons (Fsp3) is 0.462. The van der Waals surface area contributed by atoms with Crippen LogP contribution in [0.3, 0.4) is 0 Å². The minimum absolute atomic E-state index is 0.0740. The van der Waals surface area contributed by atoms with Crippen molar-refractivity contribution in [2.45, 2.75) is 12.8 Å². The zero-order valence-electron chi connectivity index (χ0n) is 11.3. The number of anilines is 2. The first-order valence-corrected chi connectivity index (χ1v) is 8.43. The second-order valence-electron chi connectivity index (χ2n) is 4.95. The lowest BCUT2D eigenvalue weighted by Gasteiger charge is -2.22. The van der Waals surface area contributed by atoms with Gasteiger partial charge in [-0.1, -0.05) is 12.1 Å². The van der Waals surface area contributed by atoms with Gasteiger partial charge in [-0.25, -0.2) is 8.42 Å². The van der Waals surface area contributed by atoms with Crippen LogP contribution in [0.25, 0.3) is 0 Å². The number of benzene rings is 1. The third-order valence-corrected chi connectivity index (χ3v) is 3.74. The lowest BCUT2D eigenvalue weighted by atomic mass is 9.99. The quantitative estimate of drug-likeness (QED) is 0.773. The molecule has 0 saturated carbocycles. The summed E-state index contributed by atoms with van der Waals surface area (Å²) in [6.45, 7) is 1.60. The van der Waals surface area contributed by atoms with Crippen molar-refractivity contribution in [2.75, 3.05) is 29.4 Å². The van der Waals surface area contributed by atoms with Gasteiger partial charge in [-0.15, -0.1) is 0 Å². The molecule has 1 aromatic rings. The van der Waals surface area contributed by atoms with E-state index in [1.54, 1.807) is 24.3 Å². The van der Waals surface area contributed by atoms with Gasteiger partial charge < -0.3 is 10.6 Å². The van der Waals surface area contributed by atoms with Crippen molar-refractivity contribution in [3.63, 3.8) is 0 Å². The molecule has 7 heteroatoms. The van der Waals surface area contributed by atoms with Gasteiger partial charge in [0, 0.05) is 6.54 Å². The van der Waals surface area contributed by atoms with E-state index in [9.17, 15) is 13.2 Å². The molecule has 110 valence electrons. The van der Waals surface area contributed by atoms with Crippen molar-refractivity contribution in [2.24, 2.45) is 5.92 Å². The highest BCUT2D eigenvalue weighted by molar-refractivity contribution is 7.92. The van der Waals surface area contributed by atoms with Crippen LogP contribution in [0.5, 0.6) is 0 Å². The minimum atomic E-state index is -3.37. The van der Waals surface area contributed by atoms with Gasteiger partial charge in [0.1, 0.15) is 0 Å². The summed E-state index contributed by atoms with van der Waals surface area (Å²) < 4.78 is 25.0. The molecule has 1 saturated heterocycles. The number of nitrogens with one attached hydrogen (secondary N) is 3. The topological polar surface area (TPSA) is 87.3 Å². The summed E-state index contributed by atoms with van der Waals surface area (Å²) in [6.07, 6.45) is 2.90. The van der Waals surface area contributed by atoms with Crippen LogP contribution in [0, 0.1) is 5.92 Å². The van der Waals surface area contributed by atoms with Gasteiger partial charge in [0.05, 0.1) is 23.5 Å². The average Bonchev–Trinajstić information content (AvgIpc) is 2.40. The normalized spacial score (nSPS) is 19.4. The van der Waals surface area contributed by atoms with Crippen molar-refractivity contribution >= 4 is 27.3 Å². The Morgan fingerprint density at radius 3 is 2.60 bits per heavy atom. The molecule has 6 nitrogen and oxygen atoms in total. The molecule has 1 amide bonds. The van der Waals surface area contributed by atoms with Crippen LogP contribution >= 0.6 is 0 Å². The van der Waals surface area contributed by atoms with E-state index < -0.39 is 10.0 Å². The number of carbonyl (C=O) groups is 1. The number of hydrogen-bond acceptors (Lipinski definition) is 4.